The fraction of sp³-hybridized carbons (Fsp3) is 0.231. The summed E-state index contributed by atoms with van der Waals surface area (Å²) in [5, 5.41) is 0.0555. The van der Waals surface area contributed by atoms with E-state index in [1.807, 2.05) is 31.2 Å². The van der Waals surface area contributed by atoms with E-state index in [0.717, 1.165) is 0 Å². The van der Waals surface area contributed by atoms with Crippen LogP contribution in [0.4, 0.5) is 0 Å². The fourth-order valence-corrected chi connectivity index (χ4v) is 2.16. The van der Waals surface area contributed by atoms with Gasteiger partial charge in [0, 0.05) is 5.92 Å². The van der Waals surface area contributed by atoms with Crippen LogP contribution in [0.15, 0.2) is 36.4 Å². The predicted octanol–water partition coefficient (Wildman–Crippen LogP) is 3.78. The van der Waals surface area contributed by atoms with Crippen molar-refractivity contribution in [2.45, 2.75) is 18.2 Å². The lowest BCUT2D eigenvalue weighted by Crippen LogP contribution is -2.06. The Kier molecular flexibility index (Phi) is 2.74. The Morgan fingerprint density at radius 3 is 3.21 bits per heavy atom. The van der Waals surface area contributed by atoms with Crippen molar-refractivity contribution in [3.05, 3.63) is 53.6 Å². The van der Waals surface area contributed by atoms with Crippen molar-refractivity contribution >= 4 is 17.7 Å². The highest BCUT2D eigenvalue weighted by molar-refractivity contribution is 6.22. The van der Waals surface area contributed by atoms with Crippen molar-refractivity contribution in [1.29, 1.82) is 0 Å². The Hall–Kier alpha value is -1.01. The van der Waals surface area contributed by atoms with Crippen LogP contribution in [0.25, 0.3) is 6.08 Å². The van der Waals surface area contributed by atoms with Gasteiger partial charge in [-0.3, -0.25) is 0 Å². The molecule has 0 bridgehead atoms. The van der Waals surface area contributed by atoms with Gasteiger partial charge in [-0.15, -0.1) is 11.6 Å². The molecule has 1 aromatic rings. The molecule has 1 aromatic carbocycles. The summed E-state index contributed by atoms with van der Waals surface area (Å²) in [7, 11) is 0. The maximum absolute atomic E-state index is 6.27. The molecule has 71 valence electrons. The maximum atomic E-state index is 6.27. The maximum Gasteiger partial charge on any atom is 0.0619 e. The number of hydrogen-bond acceptors (Lipinski definition) is 0. The zero-order valence-corrected chi connectivity index (χ0v) is 8.83. The van der Waals surface area contributed by atoms with Gasteiger partial charge >= 0.3 is 0 Å². The second-order valence-electron chi connectivity index (χ2n) is 3.41. The van der Waals surface area contributed by atoms with Gasteiger partial charge in [-0.1, -0.05) is 36.4 Å². The van der Waals surface area contributed by atoms with Crippen LogP contribution in [-0.4, -0.2) is 5.38 Å². The van der Waals surface area contributed by atoms with E-state index in [-0.39, 0.29) is 5.38 Å². The molecule has 1 aliphatic carbocycles. The van der Waals surface area contributed by atoms with Crippen LogP contribution in [0.5, 0.6) is 0 Å². The smallest absolute Gasteiger partial charge is 0.0619 e. The molecule has 0 fully saturated rings. The Balaban J connectivity index is 2.30. The van der Waals surface area contributed by atoms with Crippen LogP contribution in [0, 0.1) is 6.07 Å². The number of fused-ring (bicyclic) bond motifs is 1. The van der Waals surface area contributed by atoms with E-state index in [1.165, 1.54) is 11.1 Å². The van der Waals surface area contributed by atoms with Crippen LogP contribution in [0.1, 0.15) is 24.0 Å². The first-order valence-electron chi connectivity index (χ1n) is 4.78. The number of alkyl halides is 1. The van der Waals surface area contributed by atoms with Gasteiger partial charge in [-0.25, -0.2) is 0 Å². The normalized spacial score (nSPS) is 21.4. The molecule has 0 heterocycles. The predicted molar refractivity (Wildman–Crippen MR) is 61.5 cm³/mol. The van der Waals surface area contributed by atoms with Crippen molar-refractivity contribution in [2.24, 2.45) is 0 Å². The van der Waals surface area contributed by atoms with Gasteiger partial charge in [-0.05, 0) is 30.2 Å². The minimum atomic E-state index is 0.0555. The molecule has 2 unspecified atom stereocenters. The molecule has 0 N–H and O–H groups in total. The van der Waals surface area contributed by atoms with Crippen molar-refractivity contribution < 1.29 is 0 Å². The Labute approximate surface area is 89.9 Å². The van der Waals surface area contributed by atoms with Gasteiger partial charge in [0.1, 0.15) is 0 Å². The molecule has 1 heteroatoms. The molecule has 0 amide bonds. The molecule has 0 aromatic heterocycles. The first-order chi connectivity index (χ1) is 6.83. The van der Waals surface area contributed by atoms with Gasteiger partial charge < -0.3 is 0 Å². The lowest BCUT2D eigenvalue weighted by Gasteiger charge is -2.13. The van der Waals surface area contributed by atoms with E-state index in [1.54, 1.807) is 0 Å². The van der Waals surface area contributed by atoms with Crippen molar-refractivity contribution in [2.75, 3.05) is 0 Å². The van der Waals surface area contributed by atoms with Gasteiger partial charge in [0.05, 0.1) is 5.38 Å². The summed E-state index contributed by atoms with van der Waals surface area (Å²) in [6.07, 6.45) is 8.31. The van der Waals surface area contributed by atoms with Crippen LogP contribution < -0.4 is 0 Å². The number of rotatable bonds is 2. The molecule has 0 saturated carbocycles. The van der Waals surface area contributed by atoms with E-state index >= 15 is 0 Å². The standard InChI is InChI=1S/C13H12Cl/c1-2-5-13(14)12-9-8-10-6-3-4-7-11(10)12/h2,4-9,12-13H,1H3/b5-2+. The van der Waals surface area contributed by atoms with Gasteiger partial charge in [-0.2, -0.15) is 0 Å². The third-order valence-electron chi connectivity index (χ3n) is 2.49. The second-order valence-corrected chi connectivity index (χ2v) is 3.91. The van der Waals surface area contributed by atoms with Crippen molar-refractivity contribution in [1.82, 2.24) is 0 Å². The number of benzene rings is 1. The van der Waals surface area contributed by atoms with Gasteiger partial charge in [0.15, 0.2) is 0 Å². The quantitative estimate of drug-likeness (QED) is 0.507. The highest BCUT2D eigenvalue weighted by Crippen LogP contribution is 2.34. The van der Waals surface area contributed by atoms with Crippen molar-refractivity contribution in [3.8, 4) is 0 Å². The summed E-state index contributed by atoms with van der Waals surface area (Å²) in [6, 6.07) is 9.12. The van der Waals surface area contributed by atoms with E-state index < -0.39 is 0 Å². The zero-order chi connectivity index (χ0) is 9.97. The summed E-state index contributed by atoms with van der Waals surface area (Å²) in [4.78, 5) is 0. The second kappa shape index (κ2) is 4.02. The van der Waals surface area contributed by atoms with Gasteiger partial charge in [0.25, 0.3) is 0 Å². The Morgan fingerprint density at radius 1 is 1.57 bits per heavy atom. The molecule has 0 saturated heterocycles. The van der Waals surface area contributed by atoms with E-state index in [9.17, 15) is 0 Å². The molecular weight excluding hydrogens is 192 g/mol. The molecule has 0 spiro atoms. The molecule has 1 aliphatic rings. The fourth-order valence-electron chi connectivity index (χ4n) is 1.80. The van der Waals surface area contributed by atoms with E-state index in [4.69, 9.17) is 11.6 Å². The first-order valence-corrected chi connectivity index (χ1v) is 5.21. The summed E-state index contributed by atoms with van der Waals surface area (Å²) >= 11 is 6.27. The molecular formula is C13H12Cl. The Bertz CT molecular complexity index is 377. The highest BCUT2D eigenvalue weighted by Gasteiger charge is 2.21. The molecule has 0 nitrogen and oxygen atoms in total. The third-order valence-corrected chi connectivity index (χ3v) is 2.91. The molecule has 2 rings (SSSR count). The zero-order valence-electron chi connectivity index (χ0n) is 8.07. The molecule has 1 radical (unpaired) electrons. The summed E-state index contributed by atoms with van der Waals surface area (Å²) in [5.74, 6) is 0.317. The summed E-state index contributed by atoms with van der Waals surface area (Å²) in [6.45, 7) is 1.99. The average molecular weight is 204 g/mol. The Morgan fingerprint density at radius 2 is 2.43 bits per heavy atom. The SMILES string of the molecule is C/C=C/C(Cl)C1C=Cc2c[c]ccc21. The van der Waals surface area contributed by atoms with Gasteiger partial charge in [0.2, 0.25) is 0 Å². The van der Waals surface area contributed by atoms with E-state index in [2.05, 4.69) is 24.3 Å². The largest absolute Gasteiger partial charge is 0.117 e. The number of allylic oxidation sites excluding steroid dienone is 3. The molecule has 14 heavy (non-hydrogen) atoms. The summed E-state index contributed by atoms with van der Waals surface area (Å²) < 4.78 is 0. The van der Waals surface area contributed by atoms with E-state index in [0.29, 0.717) is 5.92 Å². The average Bonchev–Trinajstić information content (AvgIpc) is 2.61. The van der Waals surface area contributed by atoms with Crippen LogP contribution in [0.2, 0.25) is 0 Å². The van der Waals surface area contributed by atoms with Crippen LogP contribution >= 0.6 is 11.6 Å². The van der Waals surface area contributed by atoms with Crippen LogP contribution in [0.3, 0.4) is 0 Å². The molecule has 2 atom stereocenters. The first kappa shape index (κ1) is 9.54. The van der Waals surface area contributed by atoms with Crippen LogP contribution in [-0.2, 0) is 0 Å². The lowest BCUT2D eigenvalue weighted by molar-refractivity contribution is 0.886. The number of hydrogen-bond donors (Lipinski definition) is 0. The number of halogens is 1. The summed E-state index contributed by atoms with van der Waals surface area (Å²) in [5.41, 5.74) is 2.55. The lowest BCUT2D eigenvalue weighted by atomic mass is 9.97. The highest BCUT2D eigenvalue weighted by atomic mass is 35.5. The topological polar surface area (TPSA) is 0 Å². The monoisotopic (exact) mass is 203 g/mol. The molecule has 0 aliphatic heterocycles. The third kappa shape index (κ3) is 1.62. The minimum Gasteiger partial charge on any atom is -0.117 e. The minimum absolute atomic E-state index is 0.0555. The van der Waals surface area contributed by atoms with Crippen molar-refractivity contribution in [3.63, 3.8) is 0 Å².